The molecule has 0 radical (unpaired) electrons. The zero-order valence-corrected chi connectivity index (χ0v) is 10.6. The van der Waals surface area contributed by atoms with Gasteiger partial charge in [0.15, 0.2) is 0 Å². The minimum absolute atomic E-state index is 0.0403. The van der Waals surface area contributed by atoms with Crippen LogP contribution < -0.4 is 0 Å². The summed E-state index contributed by atoms with van der Waals surface area (Å²) in [6.07, 6.45) is 5.36. The second-order valence-electron chi connectivity index (χ2n) is 4.55. The highest BCUT2D eigenvalue weighted by Crippen LogP contribution is 2.26. The minimum atomic E-state index is 0.0403. The van der Waals surface area contributed by atoms with Gasteiger partial charge in [-0.25, -0.2) is 0 Å². The molecule has 2 rings (SSSR count). The number of ether oxygens (including phenoxy) is 1. The van der Waals surface area contributed by atoms with Crippen LogP contribution in [0.15, 0.2) is 18.3 Å². The first-order valence-electron chi connectivity index (χ1n) is 5.87. The maximum atomic E-state index is 6.39. The third-order valence-corrected chi connectivity index (χ3v) is 3.61. The SMILES string of the molecule is Cc1cccnc1CC(Cl)C1CCC(C)O1. The van der Waals surface area contributed by atoms with Crippen LogP contribution in [0.1, 0.15) is 31.0 Å². The van der Waals surface area contributed by atoms with Crippen molar-refractivity contribution in [1.29, 1.82) is 0 Å². The highest BCUT2D eigenvalue weighted by Gasteiger charge is 2.28. The van der Waals surface area contributed by atoms with Crippen LogP contribution in [0, 0.1) is 6.92 Å². The molecular weight excluding hydrogens is 222 g/mol. The molecule has 0 amide bonds. The molecule has 1 aromatic heterocycles. The molecule has 1 aliphatic heterocycles. The molecule has 2 nitrogen and oxygen atoms in total. The summed E-state index contributed by atoms with van der Waals surface area (Å²) < 4.78 is 5.78. The Balaban J connectivity index is 1.97. The smallest absolute Gasteiger partial charge is 0.0747 e. The van der Waals surface area contributed by atoms with Crippen LogP contribution in [-0.2, 0) is 11.2 Å². The predicted molar refractivity (Wildman–Crippen MR) is 65.9 cm³/mol. The van der Waals surface area contributed by atoms with Crippen molar-refractivity contribution in [1.82, 2.24) is 4.98 Å². The lowest BCUT2D eigenvalue weighted by molar-refractivity contribution is 0.0533. The average Bonchev–Trinajstić information content (AvgIpc) is 2.68. The number of rotatable bonds is 3. The van der Waals surface area contributed by atoms with E-state index >= 15 is 0 Å². The van der Waals surface area contributed by atoms with Gasteiger partial charge in [0.05, 0.1) is 17.6 Å². The van der Waals surface area contributed by atoms with E-state index in [1.54, 1.807) is 0 Å². The van der Waals surface area contributed by atoms with E-state index < -0.39 is 0 Å². The molecule has 0 aromatic carbocycles. The van der Waals surface area contributed by atoms with Crippen LogP contribution in [0.5, 0.6) is 0 Å². The minimum Gasteiger partial charge on any atom is -0.374 e. The molecule has 0 aliphatic carbocycles. The summed E-state index contributed by atoms with van der Waals surface area (Å²) in [4.78, 5) is 4.37. The lowest BCUT2D eigenvalue weighted by Crippen LogP contribution is -2.24. The zero-order valence-electron chi connectivity index (χ0n) is 9.82. The Kier molecular flexibility index (Phi) is 3.82. The Morgan fingerprint density at radius 1 is 1.56 bits per heavy atom. The molecule has 1 saturated heterocycles. The maximum absolute atomic E-state index is 6.39. The largest absolute Gasteiger partial charge is 0.374 e. The summed E-state index contributed by atoms with van der Waals surface area (Å²) in [5.74, 6) is 0. The Morgan fingerprint density at radius 2 is 2.38 bits per heavy atom. The van der Waals surface area contributed by atoms with Crippen LogP contribution >= 0.6 is 11.6 Å². The molecule has 3 unspecified atom stereocenters. The Labute approximate surface area is 102 Å². The number of aryl methyl sites for hydroxylation is 1. The maximum Gasteiger partial charge on any atom is 0.0747 e. The van der Waals surface area contributed by atoms with Crippen LogP contribution in [0.3, 0.4) is 0 Å². The summed E-state index contributed by atoms with van der Waals surface area (Å²) in [6, 6.07) is 4.03. The van der Waals surface area contributed by atoms with E-state index in [-0.39, 0.29) is 11.5 Å². The Hall–Kier alpha value is -0.600. The second-order valence-corrected chi connectivity index (χ2v) is 5.11. The van der Waals surface area contributed by atoms with Gasteiger partial charge in [-0.2, -0.15) is 0 Å². The molecule has 1 aromatic rings. The van der Waals surface area contributed by atoms with E-state index in [4.69, 9.17) is 16.3 Å². The molecule has 1 fully saturated rings. The first-order valence-corrected chi connectivity index (χ1v) is 6.30. The van der Waals surface area contributed by atoms with Crippen molar-refractivity contribution in [3.05, 3.63) is 29.6 Å². The highest BCUT2D eigenvalue weighted by molar-refractivity contribution is 6.21. The number of halogens is 1. The number of aromatic nitrogens is 1. The second kappa shape index (κ2) is 5.15. The summed E-state index contributed by atoms with van der Waals surface area (Å²) in [5.41, 5.74) is 2.30. The van der Waals surface area contributed by atoms with Gasteiger partial charge in [0.1, 0.15) is 0 Å². The van der Waals surface area contributed by atoms with Crippen molar-refractivity contribution in [3.63, 3.8) is 0 Å². The van der Waals surface area contributed by atoms with Gasteiger partial charge in [-0.1, -0.05) is 6.07 Å². The van der Waals surface area contributed by atoms with E-state index in [1.807, 2.05) is 12.3 Å². The molecule has 0 spiro atoms. The van der Waals surface area contributed by atoms with Gasteiger partial charge >= 0.3 is 0 Å². The Morgan fingerprint density at radius 3 is 3.00 bits per heavy atom. The van der Waals surface area contributed by atoms with E-state index in [0.29, 0.717) is 6.10 Å². The normalized spacial score (nSPS) is 26.9. The number of pyridine rings is 1. The topological polar surface area (TPSA) is 22.1 Å². The van der Waals surface area contributed by atoms with Crippen LogP contribution in [0.2, 0.25) is 0 Å². The third-order valence-electron chi connectivity index (χ3n) is 3.17. The number of alkyl halides is 1. The van der Waals surface area contributed by atoms with E-state index in [2.05, 4.69) is 24.9 Å². The fourth-order valence-electron chi connectivity index (χ4n) is 2.15. The standard InChI is InChI=1S/C13H18ClNO/c1-9-4-3-7-15-12(9)8-11(14)13-6-5-10(2)16-13/h3-4,7,10-11,13H,5-6,8H2,1-2H3. The van der Waals surface area contributed by atoms with Crippen molar-refractivity contribution >= 4 is 11.6 Å². The first-order chi connectivity index (χ1) is 7.66. The number of hydrogen-bond acceptors (Lipinski definition) is 2. The fraction of sp³-hybridized carbons (Fsp3) is 0.615. The lowest BCUT2D eigenvalue weighted by atomic mass is 10.1. The number of nitrogens with zero attached hydrogens (tertiary/aromatic N) is 1. The molecule has 0 bridgehead atoms. The van der Waals surface area contributed by atoms with Gasteiger partial charge in [0.2, 0.25) is 0 Å². The third kappa shape index (κ3) is 2.74. The molecule has 0 saturated carbocycles. The van der Waals surface area contributed by atoms with Crippen molar-refractivity contribution < 1.29 is 4.74 Å². The summed E-state index contributed by atoms with van der Waals surface area (Å²) >= 11 is 6.39. The predicted octanol–water partition coefficient (Wildman–Crippen LogP) is 3.11. The molecule has 2 heterocycles. The van der Waals surface area contributed by atoms with Crippen molar-refractivity contribution in [2.24, 2.45) is 0 Å². The van der Waals surface area contributed by atoms with Gasteiger partial charge in [-0.3, -0.25) is 4.98 Å². The van der Waals surface area contributed by atoms with Crippen LogP contribution in [0.25, 0.3) is 0 Å². The average molecular weight is 240 g/mol. The van der Waals surface area contributed by atoms with Gasteiger partial charge in [0.25, 0.3) is 0 Å². The molecule has 3 atom stereocenters. The quantitative estimate of drug-likeness (QED) is 0.757. The monoisotopic (exact) mass is 239 g/mol. The van der Waals surface area contributed by atoms with E-state index in [9.17, 15) is 0 Å². The molecule has 16 heavy (non-hydrogen) atoms. The van der Waals surface area contributed by atoms with Gasteiger partial charge in [-0.05, 0) is 38.3 Å². The zero-order chi connectivity index (χ0) is 11.5. The van der Waals surface area contributed by atoms with Crippen molar-refractivity contribution in [2.75, 3.05) is 0 Å². The fourth-order valence-corrected chi connectivity index (χ4v) is 2.48. The summed E-state index contributed by atoms with van der Waals surface area (Å²) in [5, 5.41) is 0.0403. The molecular formula is C13H18ClNO. The molecule has 3 heteroatoms. The lowest BCUT2D eigenvalue weighted by Gasteiger charge is -2.17. The highest BCUT2D eigenvalue weighted by atomic mass is 35.5. The van der Waals surface area contributed by atoms with Gasteiger partial charge in [0, 0.05) is 18.3 Å². The molecule has 88 valence electrons. The van der Waals surface area contributed by atoms with Crippen LogP contribution in [0.4, 0.5) is 0 Å². The van der Waals surface area contributed by atoms with Gasteiger partial charge in [-0.15, -0.1) is 11.6 Å². The van der Waals surface area contributed by atoms with E-state index in [1.165, 1.54) is 5.56 Å². The van der Waals surface area contributed by atoms with Crippen LogP contribution in [-0.4, -0.2) is 22.6 Å². The van der Waals surface area contributed by atoms with Gasteiger partial charge < -0.3 is 4.74 Å². The Bertz CT molecular complexity index is 356. The van der Waals surface area contributed by atoms with Crippen molar-refractivity contribution in [3.8, 4) is 0 Å². The first kappa shape index (κ1) is 11.9. The van der Waals surface area contributed by atoms with Crippen molar-refractivity contribution in [2.45, 2.75) is 50.7 Å². The number of hydrogen-bond donors (Lipinski definition) is 0. The summed E-state index contributed by atoms with van der Waals surface area (Å²) in [7, 11) is 0. The summed E-state index contributed by atoms with van der Waals surface area (Å²) in [6.45, 7) is 4.18. The van der Waals surface area contributed by atoms with E-state index in [0.717, 1.165) is 25.0 Å². The molecule has 0 N–H and O–H groups in total. The molecule has 1 aliphatic rings.